The number of nitrogens with one attached hydrogen (secondary N) is 2. The molecule has 0 bridgehead atoms. The fourth-order valence-corrected chi connectivity index (χ4v) is 2.25. The Morgan fingerprint density at radius 1 is 1.33 bits per heavy atom. The van der Waals surface area contributed by atoms with Crippen LogP contribution in [0, 0.1) is 13.8 Å². The SMILES string of the molecule is Cc1cccc(C)c1NC[C@H]1CCCN1. The average Bonchev–Trinajstić information content (AvgIpc) is 2.70. The minimum atomic E-state index is 0.656. The highest BCUT2D eigenvalue weighted by Crippen LogP contribution is 2.19. The van der Waals surface area contributed by atoms with E-state index in [1.54, 1.807) is 0 Å². The Labute approximate surface area is 92.1 Å². The molecule has 1 heterocycles. The van der Waals surface area contributed by atoms with Crippen molar-refractivity contribution >= 4 is 5.69 Å². The van der Waals surface area contributed by atoms with Gasteiger partial charge in [0.2, 0.25) is 0 Å². The molecule has 2 nitrogen and oxygen atoms in total. The Balaban J connectivity index is 1.97. The van der Waals surface area contributed by atoms with Crippen LogP contribution < -0.4 is 10.6 Å². The van der Waals surface area contributed by atoms with Crippen LogP contribution in [0.1, 0.15) is 24.0 Å². The van der Waals surface area contributed by atoms with Crippen LogP contribution in [0.5, 0.6) is 0 Å². The van der Waals surface area contributed by atoms with E-state index in [2.05, 4.69) is 42.7 Å². The smallest absolute Gasteiger partial charge is 0.0400 e. The molecule has 0 aromatic heterocycles. The summed E-state index contributed by atoms with van der Waals surface area (Å²) in [6, 6.07) is 7.10. The molecular weight excluding hydrogens is 184 g/mol. The van der Waals surface area contributed by atoms with Gasteiger partial charge in [-0.25, -0.2) is 0 Å². The van der Waals surface area contributed by atoms with Crippen LogP contribution in [-0.4, -0.2) is 19.1 Å². The molecular formula is C13H20N2. The second kappa shape index (κ2) is 4.67. The second-order valence-electron chi connectivity index (χ2n) is 4.44. The number of benzene rings is 1. The Morgan fingerprint density at radius 3 is 2.67 bits per heavy atom. The van der Waals surface area contributed by atoms with E-state index in [-0.39, 0.29) is 0 Å². The highest BCUT2D eigenvalue weighted by atomic mass is 15.0. The lowest BCUT2D eigenvalue weighted by Gasteiger charge is -2.16. The van der Waals surface area contributed by atoms with Crippen LogP contribution in [0.3, 0.4) is 0 Å². The van der Waals surface area contributed by atoms with Gasteiger partial charge in [0.25, 0.3) is 0 Å². The lowest BCUT2D eigenvalue weighted by molar-refractivity contribution is 0.633. The van der Waals surface area contributed by atoms with Gasteiger partial charge in [-0.2, -0.15) is 0 Å². The minimum absolute atomic E-state index is 0.656. The number of hydrogen-bond acceptors (Lipinski definition) is 2. The summed E-state index contributed by atoms with van der Waals surface area (Å²) in [6.45, 7) is 6.56. The molecule has 1 aromatic rings. The maximum atomic E-state index is 3.56. The number of anilines is 1. The first-order valence-corrected chi connectivity index (χ1v) is 5.81. The predicted molar refractivity (Wildman–Crippen MR) is 65.4 cm³/mol. The van der Waals surface area contributed by atoms with E-state index in [4.69, 9.17) is 0 Å². The van der Waals surface area contributed by atoms with Crippen LogP contribution >= 0.6 is 0 Å². The number of aryl methyl sites for hydroxylation is 2. The Hall–Kier alpha value is -1.02. The fraction of sp³-hybridized carbons (Fsp3) is 0.538. The first kappa shape index (κ1) is 10.5. The van der Waals surface area contributed by atoms with Crippen LogP contribution in [0.4, 0.5) is 5.69 Å². The first-order valence-electron chi connectivity index (χ1n) is 5.81. The van der Waals surface area contributed by atoms with Crippen LogP contribution in [0.2, 0.25) is 0 Å². The summed E-state index contributed by atoms with van der Waals surface area (Å²) in [4.78, 5) is 0. The van der Waals surface area contributed by atoms with Crippen molar-refractivity contribution in [3.8, 4) is 0 Å². The van der Waals surface area contributed by atoms with Gasteiger partial charge in [0.15, 0.2) is 0 Å². The largest absolute Gasteiger partial charge is 0.383 e. The third-order valence-electron chi connectivity index (χ3n) is 3.17. The Kier molecular flexibility index (Phi) is 3.27. The van der Waals surface area contributed by atoms with Crippen molar-refractivity contribution in [2.45, 2.75) is 32.7 Å². The van der Waals surface area contributed by atoms with Crippen molar-refractivity contribution in [3.05, 3.63) is 29.3 Å². The molecule has 1 fully saturated rings. The van der Waals surface area contributed by atoms with E-state index >= 15 is 0 Å². The van der Waals surface area contributed by atoms with Gasteiger partial charge in [-0.3, -0.25) is 0 Å². The molecule has 2 N–H and O–H groups in total. The van der Waals surface area contributed by atoms with E-state index in [9.17, 15) is 0 Å². The van der Waals surface area contributed by atoms with Crippen molar-refractivity contribution in [1.82, 2.24) is 5.32 Å². The normalized spacial score (nSPS) is 20.5. The third kappa shape index (κ3) is 2.51. The van der Waals surface area contributed by atoms with Gasteiger partial charge in [0, 0.05) is 18.3 Å². The van der Waals surface area contributed by atoms with Gasteiger partial charge in [-0.1, -0.05) is 18.2 Å². The van der Waals surface area contributed by atoms with E-state index in [1.165, 1.54) is 36.2 Å². The van der Waals surface area contributed by atoms with E-state index in [0.717, 1.165) is 6.54 Å². The molecule has 0 amide bonds. The standard InChI is InChI=1S/C13H20N2/c1-10-5-3-6-11(2)13(10)15-9-12-7-4-8-14-12/h3,5-6,12,14-15H,4,7-9H2,1-2H3/t12-/m1/s1. The monoisotopic (exact) mass is 204 g/mol. The van der Waals surface area contributed by atoms with Gasteiger partial charge < -0.3 is 10.6 Å². The van der Waals surface area contributed by atoms with Crippen molar-refractivity contribution in [2.75, 3.05) is 18.4 Å². The van der Waals surface area contributed by atoms with Crippen LogP contribution in [-0.2, 0) is 0 Å². The maximum Gasteiger partial charge on any atom is 0.0400 e. The lowest BCUT2D eigenvalue weighted by atomic mass is 10.1. The molecule has 1 aromatic carbocycles. The Morgan fingerprint density at radius 2 is 2.07 bits per heavy atom. The molecule has 1 saturated heterocycles. The summed E-state index contributed by atoms with van der Waals surface area (Å²) in [5, 5.41) is 7.06. The third-order valence-corrected chi connectivity index (χ3v) is 3.17. The van der Waals surface area contributed by atoms with Gasteiger partial charge in [0.05, 0.1) is 0 Å². The number of hydrogen-bond donors (Lipinski definition) is 2. The van der Waals surface area contributed by atoms with Crippen LogP contribution in [0.25, 0.3) is 0 Å². The summed E-state index contributed by atoms with van der Waals surface area (Å²) in [7, 11) is 0. The zero-order valence-corrected chi connectivity index (χ0v) is 9.64. The molecule has 0 saturated carbocycles. The summed E-state index contributed by atoms with van der Waals surface area (Å²) in [5.74, 6) is 0. The molecule has 15 heavy (non-hydrogen) atoms. The predicted octanol–water partition coefficient (Wildman–Crippen LogP) is 2.47. The zero-order valence-electron chi connectivity index (χ0n) is 9.64. The molecule has 0 aliphatic carbocycles. The maximum absolute atomic E-state index is 3.56. The van der Waals surface area contributed by atoms with Crippen LogP contribution in [0.15, 0.2) is 18.2 Å². The Bertz CT molecular complexity index is 307. The highest BCUT2D eigenvalue weighted by Gasteiger charge is 2.13. The average molecular weight is 204 g/mol. The molecule has 1 aliphatic rings. The van der Waals surface area contributed by atoms with Gasteiger partial charge in [-0.15, -0.1) is 0 Å². The second-order valence-corrected chi connectivity index (χ2v) is 4.44. The molecule has 0 spiro atoms. The fourth-order valence-electron chi connectivity index (χ4n) is 2.25. The van der Waals surface area contributed by atoms with E-state index in [0.29, 0.717) is 6.04 Å². The molecule has 0 radical (unpaired) electrons. The molecule has 2 rings (SSSR count). The van der Waals surface area contributed by atoms with Crippen molar-refractivity contribution in [3.63, 3.8) is 0 Å². The van der Waals surface area contributed by atoms with Crippen molar-refractivity contribution in [2.24, 2.45) is 0 Å². The van der Waals surface area contributed by atoms with Gasteiger partial charge >= 0.3 is 0 Å². The lowest BCUT2D eigenvalue weighted by Crippen LogP contribution is -2.29. The van der Waals surface area contributed by atoms with Crippen molar-refractivity contribution in [1.29, 1.82) is 0 Å². The van der Waals surface area contributed by atoms with E-state index in [1.807, 2.05) is 0 Å². The molecule has 82 valence electrons. The van der Waals surface area contributed by atoms with Gasteiger partial charge in [0.1, 0.15) is 0 Å². The topological polar surface area (TPSA) is 24.1 Å². The summed E-state index contributed by atoms with van der Waals surface area (Å²) < 4.78 is 0. The number of para-hydroxylation sites is 1. The molecule has 0 unspecified atom stereocenters. The van der Waals surface area contributed by atoms with E-state index < -0.39 is 0 Å². The molecule has 2 heteroatoms. The molecule has 1 aliphatic heterocycles. The summed E-state index contributed by atoms with van der Waals surface area (Å²) in [6.07, 6.45) is 2.62. The first-order chi connectivity index (χ1) is 7.27. The van der Waals surface area contributed by atoms with Gasteiger partial charge in [-0.05, 0) is 44.4 Å². The zero-order chi connectivity index (χ0) is 10.7. The highest BCUT2D eigenvalue weighted by molar-refractivity contribution is 5.56. The minimum Gasteiger partial charge on any atom is -0.383 e. The van der Waals surface area contributed by atoms with Crippen molar-refractivity contribution < 1.29 is 0 Å². The molecule has 1 atom stereocenters. The summed E-state index contributed by atoms with van der Waals surface area (Å²) in [5.41, 5.74) is 3.99. The number of rotatable bonds is 3. The quantitative estimate of drug-likeness (QED) is 0.790. The summed E-state index contributed by atoms with van der Waals surface area (Å²) >= 11 is 0.